The fourth-order valence-corrected chi connectivity index (χ4v) is 1.68. The van der Waals surface area contributed by atoms with Crippen LogP contribution in [0.1, 0.15) is 37.8 Å². The minimum atomic E-state index is 0.120. The molecule has 0 saturated carbocycles. The number of carbonyl (C=O) groups excluding carboxylic acids is 1. The molecule has 1 nitrogen and oxygen atoms in total. The molecule has 0 fully saturated rings. The molecule has 76 valence electrons. The van der Waals surface area contributed by atoms with Gasteiger partial charge in [-0.2, -0.15) is 0 Å². The van der Waals surface area contributed by atoms with Crippen molar-refractivity contribution in [2.45, 2.75) is 33.1 Å². The Morgan fingerprint density at radius 1 is 1.21 bits per heavy atom. The first kappa shape index (κ1) is 11.0. The lowest BCUT2D eigenvalue weighted by molar-refractivity contribution is -0.110. The molecule has 1 unspecified atom stereocenters. The Balaban J connectivity index is 2.89. The van der Waals surface area contributed by atoms with Crippen LogP contribution in [0.25, 0.3) is 0 Å². The Morgan fingerprint density at radius 2 is 1.86 bits per heavy atom. The van der Waals surface area contributed by atoms with E-state index in [2.05, 4.69) is 32.0 Å². The molecule has 1 atom stereocenters. The summed E-state index contributed by atoms with van der Waals surface area (Å²) in [4.78, 5) is 10.6. The van der Waals surface area contributed by atoms with Crippen molar-refractivity contribution >= 4 is 6.29 Å². The highest BCUT2D eigenvalue weighted by atomic mass is 16.1. The van der Waals surface area contributed by atoms with Gasteiger partial charge in [-0.25, -0.2) is 0 Å². The maximum absolute atomic E-state index is 10.6. The van der Waals surface area contributed by atoms with E-state index in [4.69, 9.17) is 0 Å². The molecule has 1 aromatic carbocycles. The normalized spacial score (nSPS) is 12.9. The van der Waals surface area contributed by atoms with Crippen LogP contribution in [0.4, 0.5) is 0 Å². The maximum atomic E-state index is 10.6. The van der Waals surface area contributed by atoms with Gasteiger partial charge in [0, 0.05) is 5.92 Å². The molecule has 0 aliphatic carbocycles. The molecule has 0 saturated heterocycles. The first-order chi connectivity index (χ1) is 6.65. The van der Waals surface area contributed by atoms with Gasteiger partial charge in [-0.1, -0.05) is 45.0 Å². The van der Waals surface area contributed by atoms with Crippen LogP contribution in [0.15, 0.2) is 24.3 Å². The molecule has 0 heterocycles. The fourth-order valence-electron chi connectivity index (χ4n) is 1.68. The Hall–Kier alpha value is -1.11. The third-order valence-electron chi connectivity index (χ3n) is 2.45. The quantitative estimate of drug-likeness (QED) is 0.666. The van der Waals surface area contributed by atoms with Crippen LogP contribution in [0, 0.1) is 5.92 Å². The minimum absolute atomic E-state index is 0.120. The van der Waals surface area contributed by atoms with E-state index in [1.54, 1.807) is 0 Å². The molecule has 1 heteroatoms. The van der Waals surface area contributed by atoms with Crippen LogP contribution in [-0.2, 0) is 11.2 Å². The summed E-state index contributed by atoms with van der Waals surface area (Å²) >= 11 is 0. The largest absolute Gasteiger partial charge is 0.303 e. The van der Waals surface area contributed by atoms with Gasteiger partial charge in [-0.15, -0.1) is 0 Å². The van der Waals surface area contributed by atoms with E-state index >= 15 is 0 Å². The summed E-state index contributed by atoms with van der Waals surface area (Å²) in [5, 5.41) is 0. The first-order valence-corrected chi connectivity index (χ1v) is 5.18. The maximum Gasteiger partial charge on any atom is 0.123 e. The van der Waals surface area contributed by atoms with Crippen molar-refractivity contribution in [3.05, 3.63) is 35.4 Å². The van der Waals surface area contributed by atoms with Gasteiger partial charge in [0.05, 0.1) is 0 Å². The van der Waals surface area contributed by atoms with E-state index in [0.717, 1.165) is 12.7 Å². The van der Waals surface area contributed by atoms with Crippen molar-refractivity contribution in [2.24, 2.45) is 5.92 Å². The highest BCUT2D eigenvalue weighted by Crippen LogP contribution is 2.21. The molecule has 0 aliphatic rings. The van der Waals surface area contributed by atoms with E-state index in [0.29, 0.717) is 5.92 Å². The van der Waals surface area contributed by atoms with Gasteiger partial charge in [0.2, 0.25) is 0 Å². The predicted molar refractivity (Wildman–Crippen MR) is 59.5 cm³/mol. The Kier molecular flexibility index (Phi) is 3.87. The third-order valence-corrected chi connectivity index (χ3v) is 2.45. The lowest BCUT2D eigenvalue weighted by Crippen LogP contribution is -2.04. The van der Waals surface area contributed by atoms with Gasteiger partial charge in [0.25, 0.3) is 0 Å². The average Bonchev–Trinajstić information content (AvgIpc) is 2.18. The predicted octanol–water partition coefficient (Wildman–Crippen LogP) is 3.19. The van der Waals surface area contributed by atoms with Crippen LogP contribution < -0.4 is 0 Å². The van der Waals surface area contributed by atoms with E-state index < -0.39 is 0 Å². The molecule has 0 bridgehead atoms. The average molecular weight is 190 g/mol. The summed E-state index contributed by atoms with van der Waals surface area (Å²) in [6, 6.07) is 8.37. The number of aldehydes is 1. The SMILES string of the molecule is CC(C=O)Cc1ccccc1C(C)C. The van der Waals surface area contributed by atoms with Gasteiger partial charge in [0.1, 0.15) is 6.29 Å². The summed E-state index contributed by atoms with van der Waals surface area (Å²) in [6.07, 6.45) is 1.88. The second-order valence-corrected chi connectivity index (χ2v) is 4.17. The zero-order chi connectivity index (χ0) is 10.6. The summed E-state index contributed by atoms with van der Waals surface area (Å²) < 4.78 is 0. The monoisotopic (exact) mass is 190 g/mol. The standard InChI is InChI=1S/C13H18O/c1-10(2)13-7-5-4-6-12(13)8-11(3)9-14/h4-7,9-11H,8H2,1-3H3. The lowest BCUT2D eigenvalue weighted by atomic mass is 9.92. The van der Waals surface area contributed by atoms with Gasteiger partial charge < -0.3 is 4.79 Å². The number of hydrogen-bond acceptors (Lipinski definition) is 1. The lowest BCUT2D eigenvalue weighted by Gasteiger charge is -2.13. The molecular formula is C13H18O. The summed E-state index contributed by atoms with van der Waals surface area (Å²) in [5.74, 6) is 0.653. The van der Waals surface area contributed by atoms with E-state index in [1.807, 2.05) is 13.0 Å². The van der Waals surface area contributed by atoms with Crippen LogP contribution in [0.2, 0.25) is 0 Å². The van der Waals surface area contributed by atoms with Crippen molar-refractivity contribution in [1.29, 1.82) is 0 Å². The molecule has 0 amide bonds. The van der Waals surface area contributed by atoms with Crippen LogP contribution >= 0.6 is 0 Å². The van der Waals surface area contributed by atoms with Gasteiger partial charge in [-0.05, 0) is 23.5 Å². The van der Waals surface area contributed by atoms with Crippen LogP contribution in [-0.4, -0.2) is 6.29 Å². The molecule has 0 aromatic heterocycles. The Bertz CT molecular complexity index is 302. The van der Waals surface area contributed by atoms with Crippen molar-refractivity contribution in [3.8, 4) is 0 Å². The molecule has 0 radical (unpaired) electrons. The summed E-state index contributed by atoms with van der Waals surface area (Å²) in [5.41, 5.74) is 2.67. The van der Waals surface area contributed by atoms with Gasteiger partial charge in [-0.3, -0.25) is 0 Å². The topological polar surface area (TPSA) is 17.1 Å². The summed E-state index contributed by atoms with van der Waals surface area (Å²) in [7, 11) is 0. The van der Waals surface area contributed by atoms with Gasteiger partial charge >= 0.3 is 0 Å². The van der Waals surface area contributed by atoms with Crippen molar-refractivity contribution in [3.63, 3.8) is 0 Å². The molecule has 1 aromatic rings. The van der Waals surface area contributed by atoms with E-state index in [9.17, 15) is 4.79 Å². The molecule has 14 heavy (non-hydrogen) atoms. The number of benzene rings is 1. The molecule has 0 aliphatic heterocycles. The zero-order valence-electron chi connectivity index (χ0n) is 9.16. The van der Waals surface area contributed by atoms with Crippen molar-refractivity contribution < 1.29 is 4.79 Å². The Labute approximate surface area is 86.1 Å². The molecule has 1 rings (SSSR count). The van der Waals surface area contributed by atoms with E-state index in [-0.39, 0.29) is 5.92 Å². The molecule has 0 N–H and O–H groups in total. The second-order valence-electron chi connectivity index (χ2n) is 4.17. The van der Waals surface area contributed by atoms with Crippen molar-refractivity contribution in [1.82, 2.24) is 0 Å². The van der Waals surface area contributed by atoms with E-state index in [1.165, 1.54) is 11.1 Å². The number of hydrogen-bond donors (Lipinski definition) is 0. The minimum Gasteiger partial charge on any atom is -0.303 e. The fraction of sp³-hybridized carbons (Fsp3) is 0.462. The van der Waals surface area contributed by atoms with Gasteiger partial charge in [0.15, 0.2) is 0 Å². The van der Waals surface area contributed by atoms with Crippen molar-refractivity contribution in [2.75, 3.05) is 0 Å². The molecular weight excluding hydrogens is 172 g/mol. The highest BCUT2D eigenvalue weighted by molar-refractivity contribution is 5.54. The number of rotatable bonds is 4. The zero-order valence-corrected chi connectivity index (χ0v) is 9.16. The second kappa shape index (κ2) is 4.94. The Morgan fingerprint density at radius 3 is 2.43 bits per heavy atom. The third kappa shape index (κ3) is 2.69. The van der Waals surface area contributed by atoms with Crippen LogP contribution in [0.3, 0.4) is 0 Å². The first-order valence-electron chi connectivity index (χ1n) is 5.18. The smallest absolute Gasteiger partial charge is 0.123 e. The molecule has 0 spiro atoms. The number of carbonyl (C=O) groups is 1. The highest BCUT2D eigenvalue weighted by Gasteiger charge is 2.08. The summed E-state index contributed by atoms with van der Waals surface area (Å²) in [6.45, 7) is 6.33. The van der Waals surface area contributed by atoms with Crippen LogP contribution in [0.5, 0.6) is 0 Å².